The molecule has 0 aliphatic rings. The van der Waals surface area contributed by atoms with Crippen molar-refractivity contribution in [2.75, 3.05) is 0 Å². The van der Waals surface area contributed by atoms with Crippen molar-refractivity contribution in [3.63, 3.8) is 0 Å². The first-order valence-corrected chi connectivity index (χ1v) is 17.1. The first-order chi connectivity index (χ1) is 26.2. The van der Waals surface area contributed by atoms with Crippen LogP contribution >= 0.6 is 0 Å². The number of aromatic nitrogens is 7. The molecule has 9 nitrogen and oxygen atoms in total. The number of hydrogen-bond donors (Lipinski definition) is 0. The van der Waals surface area contributed by atoms with Crippen LogP contribution in [-0.4, -0.2) is 34.5 Å². The standard InChI is InChI=1S/C44H27N7O2/c1-6-28(38-22-30-8-3-16-45-40(30)26-49-38)20-32(10-1)52-34-12-14-36-37-15-13-35(25-43(37)51(42(36)24-34)44-47-18-5-19-48-44)53-33-11-2-7-29(21-33)39-23-31-9-4-17-46-41(31)27-50-39/h1-27H. The van der Waals surface area contributed by atoms with Gasteiger partial charge in [-0.25, -0.2) is 9.97 Å². The molecule has 53 heavy (non-hydrogen) atoms. The zero-order valence-electron chi connectivity index (χ0n) is 28.0. The molecule has 0 saturated heterocycles. The lowest BCUT2D eigenvalue weighted by molar-refractivity contribution is 0.483. The number of ether oxygens (including phenoxy) is 2. The Morgan fingerprint density at radius 1 is 0.396 bits per heavy atom. The van der Waals surface area contributed by atoms with E-state index in [-0.39, 0.29) is 0 Å². The van der Waals surface area contributed by atoms with Crippen molar-refractivity contribution in [1.82, 2.24) is 34.5 Å². The van der Waals surface area contributed by atoms with Gasteiger partial charge in [-0.15, -0.1) is 0 Å². The van der Waals surface area contributed by atoms with Gasteiger partial charge < -0.3 is 9.47 Å². The Morgan fingerprint density at radius 2 is 0.887 bits per heavy atom. The quantitative estimate of drug-likeness (QED) is 0.163. The number of rotatable bonds is 7. The lowest BCUT2D eigenvalue weighted by Crippen LogP contribution is -2.00. The summed E-state index contributed by atoms with van der Waals surface area (Å²) in [5.74, 6) is 3.29. The van der Waals surface area contributed by atoms with Crippen LogP contribution in [0.1, 0.15) is 0 Å². The summed E-state index contributed by atoms with van der Waals surface area (Å²) < 4.78 is 15.0. The third kappa shape index (κ3) is 5.72. The molecule has 6 aromatic heterocycles. The maximum atomic E-state index is 6.47. The summed E-state index contributed by atoms with van der Waals surface area (Å²) in [4.78, 5) is 27.3. The minimum atomic E-state index is 0.541. The molecule has 0 fully saturated rings. The van der Waals surface area contributed by atoms with E-state index in [1.807, 2.05) is 120 Å². The Balaban J connectivity index is 1.00. The molecule has 9 heteroatoms. The van der Waals surface area contributed by atoms with Gasteiger partial charge in [-0.3, -0.25) is 24.5 Å². The van der Waals surface area contributed by atoms with E-state index in [2.05, 4.69) is 42.0 Å². The van der Waals surface area contributed by atoms with Crippen LogP contribution in [-0.2, 0) is 0 Å². The van der Waals surface area contributed by atoms with Crippen molar-refractivity contribution >= 4 is 43.6 Å². The van der Waals surface area contributed by atoms with Gasteiger partial charge >= 0.3 is 0 Å². The average Bonchev–Trinajstić information content (AvgIpc) is 3.53. The van der Waals surface area contributed by atoms with Crippen LogP contribution < -0.4 is 9.47 Å². The lowest BCUT2D eigenvalue weighted by atomic mass is 10.1. The monoisotopic (exact) mass is 685 g/mol. The molecule has 0 unspecified atom stereocenters. The molecule has 0 saturated carbocycles. The van der Waals surface area contributed by atoms with Gasteiger partial charge in [-0.05, 0) is 78.9 Å². The summed E-state index contributed by atoms with van der Waals surface area (Å²) >= 11 is 0. The molecule has 0 atom stereocenters. The fourth-order valence-corrected chi connectivity index (χ4v) is 6.70. The number of benzene rings is 4. The van der Waals surface area contributed by atoms with Crippen LogP contribution in [0.25, 0.3) is 72.1 Å². The smallest absolute Gasteiger partial charge is 0.234 e. The fourth-order valence-electron chi connectivity index (χ4n) is 6.70. The maximum Gasteiger partial charge on any atom is 0.234 e. The van der Waals surface area contributed by atoms with E-state index in [1.165, 1.54) is 0 Å². The Hall–Kier alpha value is -7.52. The number of pyridine rings is 4. The summed E-state index contributed by atoms with van der Waals surface area (Å²) in [5, 5.41) is 4.13. The van der Waals surface area contributed by atoms with Crippen LogP contribution in [0.4, 0.5) is 0 Å². The van der Waals surface area contributed by atoms with Crippen molar-refractivity contribution in [3.8, 4) is 51.5 Å². The fraction of sp³-hybridized carbons (Fsp3) is 0. The number of nitrogens with zero attached hydrogens (tertiary/aromatic N) is 7. The molecule has 250 valence electrons. The van der Waals surface area contributed by atoms with Gasteiger partial charge in [0.25, 0.3) is 0 Å². The maximum absolute atomic E-state index is 6.47. The molecule has 0 aliphatic heterocycles. The summed E-state index contributed by atoms with van der Waals surface area (Å²) in [6.07, 6.45) is 10.6. The molecule has 0 N–H and O–H groups in total. The highest BCUT2D eigenvalue weighted by Crippen LogP contribution is 2.38. The van der Waals surface area contributed by atoms with E-state index in [9.17, 15) is 0 Å². The second-order valence-electron chi connectivity index (χ2n) is 12.5. The van der Waals surface area contributed by atoms with Gasteiger partial charge in [0, 0.05) is 69.6 Å². The summed E-state index contributed by atoms with van der Waals surface area (Å²) in [6, 6.07) is 41.9. The first kappa shape index (κ1) is 30.3. The van der Waals surface area contributed by atoms with Crippen LogP contribution in [0, 0.1) is 0 Å². The Bertz CT molecular complexity index is 2800. The van der Waals surface area contributed by atoms with Crippen molar-refractivity contribution < 1.29 is 9.47 Å². The molecule has 6 heterocycles. The van der Waals surface area contributed by atoms with Gasteiger partial charge in [0.15, 0.2) is 0 Å². The van der Waals surface area contributed by atoms with Gasteiger partial charge in [0.2, 0.25) is 5.95 Å². The first-order valence-electron chi connectivity index (χ1n) is 17.1. The zero-order chi connectivity index (χ0) is 35.1. The minimum Gasteiger partial charge on any atom is -0.457 e. The number of fused-ring (bicyclic) bond motifs is 5. The zero-order valence-corrected chi connectivity index (χ0v) is 28.0. The van der Waals surface area contributed by atoms with Gasteiger partial charge in [-0.1, -0.05) is 36.4 Å². The largest absolute Gasteiger partial charge is 0.457 e. The third-order valence-electron chi connectivity index (χ3n) is 9.17. The van der Waals surface area contributed by atoms with Gasteiger partial charge in [-0.2, -0.15) is 0 Å². The topological polar surface area (TPSA) is 101 Å². The highest BCUT2D eigenvalue weighted by atomic mass is 16.5. The Kier molecular flexibility index (Phi) is 7.25. The van der Waals surface area contributed by atoms with E-state index in [4.69, 9.17) is 9.47 Å². The molecule has 0 bridgehead atoms. The molecule has 10 aromatic rings. The highest BCUT2D eigenvalue weighted by molar-refractivity contribution is 6.09. The molecule has 4 aromatic carbocycles. The SMILES string of the molecule is c1cnc(-n2c3cc(Oc4cccc(-c5cc6cccnc6cn5)c4)ccc3c3ccc(Oc4cccc(-c5cc6cccnc6cn5)c4)cc32)nc1. The summed E-state index contributed by atoms with van der Waals surface area (Å²) in [6.45, 7) is 0. The second kappa shape index (κ2) is 12.7. The Morgan fingerprint density at radius 3 is 1.42 bits per heavy atom. The molecular weight excluding hydrogens is 659 g/mol. The second-order valence-corrected chi connectivity index (χ2v) is 12.5. The van der Waals surface area contributed by atoms with Crippen LogP contribution in [0.2, 0.25) is 0 Å². The third-order valence-corrected chi connectivity index (χ3v) is 9.17. The normalized spacial score (nSPS) is 11.4. The molecule has 10 rings (SSSR count). The Labute approximate surface area is 302 Å². The summed E-state index contributed by atoms with van der Waals surface area (Å²) in [5.41, 5.74) is 7.11. The predicted molar refractivity (Wildman–Crippen MR) is 206 cm³/mol. The van der Waals surface area contributed by atoms with Crippen LogP contribution in [0.3, 0.4) is 0 Å². The van der Waals surface area contributed by atoms with E-state index in [0.29, 0.717) is 28.9 Å². The van der Waals surface area contributed by atoms with Crippen molar-refractivity contribution in [2.24, 2.45) is 0 Å². The molecule has 0 radical (unpaired) electrons. The van der Waals surface area contributed by atoms with Crippen molar-refractivity contribution in [3.05, 3.63) is 165 Å². The predicted octanol–water partition coefficient (Wildman–Crippen LogP) is 10.4. The summed E-state index contributed by atoms with van der Waals surface area (Å²) in [7, 11) is 0. The lowest BCUT2D eigenvalue weighted by Gasteiger charge is -2.10. The van der Waals surface area contributed by atoms with E-state index in [1.54, 1.807) is 37.2 Å². The van der Waals surface area contributed by atoms with E-state index < -0.39 is 0 Å². The minimum absolute atomic E-state index is 0.541. The van der Waals surface area contributed by atoms with Crippen LogP contribution in [0.15, 0.2) is 165 Å². The average molecular weight is 686 g/mol. The molecule has 0 aliphatic carbocycles. The molecular formula is C44H27N7O2. The van der Waals surface area contributed by atoms with Gasteiger partial charge in [0.05, 0.1) is 45.8 Å². The van der Waals surface area contributed by atoms with Crippen LogP contribution in [0.5, 0.6) is 23.0 Å². The van der Waals surface area contributed by atoms with Gasteiger partial charge in [0.1, 0.15) is 23.0 Å². The highest BCUT2D eigenvalue weighted by Gasteiger charge is 2.17. The van der Waals surface area contributed by atoms with Crippen molar-refractivity contribution in [1.29, 1.82) is 0 Å². The molecule has 0 amide bonds. The van der Waals surface area contributed by atoms with E-state index >= 15 is 0 Å². The van der Waals surface area contributed by atoms with Crippen molar-refractivity contribution in [2.45, 2.75) is 0 Å². The number of hydrogen-bond acceptors (Lipinski definition) is 8. The van der Waals surface area contributed by atoms with E-state index in [0.717, 1.165) is 66.1 Å². The molecule has 0 spiro atoms.